The van der Waals surface area contributed by atoms with Crippen LogP contribution in [-0.2, 0) is 0 Å². The van der Waals surface area contributed by atoms with Crippen LogP contribution in [-0.4, -0.2) is 31.3 Å². The van der Waals surface area contributed by atoms with E-state index < -0.39 is 17.2 Å². The van der Waals surface area contributed by atoms with Crippen molar-refractivity contribution in [3.8, 4) is 28.6 Å². The van der Waals surface area contributed by atoms with Crippen LogP contribution in [0.5, 0.6) is 17.2 Å². The van der Waals surface area contributed by atoms with Gasteiger partial charge in [0.2, 0.25) is 5.75 Å². The minimum absolute atomic E-state index is 0.0337. The Kier molecular flexibility index (Phi) is 4.26. The van der Waals surface area contributed by atoms with Gasteiger partial charge in [-0.3, -0.25) is 4.79 Å². The molecular formula is C17H14F2N2O4. The molecule has 0 amide bonds. The van der Waals surface area contributed by atoms with E-state index in [9.17, 15) is 13.6 Å². The van der Waals surface area contributed by atoms with E-state index in [1.54, 1.807) is 12.1 Å². The zero-order chi connectivity index (χ0) is 18.1. The number of ether oxygens (including phenoxy) is 3. The Bertz CT molecular complexity index is 992. The lowest BCUT2D eigenvalue weighted by atomic mass is 10.1. The summed E-state index contributed by atoms with van der Waals surface area (Å²) in [5.74, 6) is -0.927. The zero-order valence-corrected chi connectivity index (χ0v) is 13.6. The van der Waals surface area contributed by atoms with Crippen molar-refractivity contribution >= 4 is 10.9 Å². The van der Waals surface area contributed by atoms with E-state index in [0.717, 1.165) is 12.1 Å². The second kappa shape index (κ2) is 6.39. The minimum Gasteiger partial charge on any atom is -0.493 e. The summed E-state index contributed by atoms with van der Waals surface area (Å²) in [6.07, 6.45) is 0. The van der Waals surface area contributed by atoms with Crippen LogP contribution in [0.2, 0.25) is 0 Å². The van der Waals surface area contributed by atoms with E-state index in [-0.39, 0.29) is 16.7 Å². The molecule has 6 nitrogen and oxygen atoms in total. The van der Waals surface area contributed by atoms with E-state index >= 15 is 0 Å². The molecule has 0 fully saturated rings. The first kappa shape index (κ1) is 16.7. The molecule has 0 unspecified atom stereocenters. The maximum Gasteiger partial charge on any atom is 0.259 e. The lowest BCUT2D eigenvalue weighted by molar-refractivity contribution is 0.324. The first-order valence-electron chi connectivity index (χ1n) is 7.18. The number of halogens is 2. The van der Waals surface area contributed by atoms with E-state index in [1.807, 2.05) is 0 Å². The Morgan fingerprint density at radius 1 is 0.920 bits per heavy atom. The third-order valence-corrected chi connectivity index (χ3v) is 3.69. The Balaban J connectivity index is 2.26. The molecule has 1 N–H and O–H groups in total. The molecule has 1 aromatic heterocycles. The monoisotopic (exact) mass is 348 g/mol. The third-order valence-electron chi connectivity index (χ3n) is 3.69. The van der Waals surface area contributed by atoms with Crippen molar-refractivity contribution < 1.29 is 23.0 Å². The molecule has 0 saturated heterocycles. The van der Waals surface area contributed by atoms with E-state index in [2.05, 4.69) is 9.97 Å². The first-order chi connectivity index (χ1) is 12.0. The van der Waals surface area contributed by atoms with Gasteiger partial charge in [0, 0.05) is 11.6 Å². The summed E-state index contributed by atoms with van der Waals surface area (Å²) in [4.78, 5) is 18.9. The van der Waals surface area contributed by atoms with Crippen LogP contribution in [0.4, 0.5) is 8.78 Å². The number of H-pyrrole nitrogens is 1. The molecule has 0 atom stereocenters. The van der Waals surface area contributed by atoms with Gasteiger partial charge in [0.05, 0.1) is 32.2 Å². The van der Waals surface area contributed by atoms with Crippen molar-refractivity contribution in [2.45, 2.75) is 0 Å². The number of methoxy groups -OCH3 is 3. The van der Waals surface area contributed by atoms with Gasteiger partial charge in [-0.05, 0) is 18.2 Å². The highest BCUT2D eigenvalue weighted by molar-refractivity contribution is 5.80. The fourth-order valence-corrected chi connectivity index (χ4v) is 2.49. The SMILES string of the molecule is COc1cc(-c2nc3cc(F)c(F)cc3c(=O)[nH]2)cc(OC)c1OC. The van der Waals surface area contributed by atoms with Crippen molar-refractivity contribution in [2.75, 3.05) is 21.3 Å². The number of aromatic amines is 1. The summed E-state index contributed by atoms with van der Waals surface area (Å²) in [5.41, 5.74) is -0.0997. The first-order valence-corrected chi connectivity index (χ1v) is 7.18. The van der Waals surface area contributed by atoms with Crippen molar-refractivity contribution in [3.63, 3.8) is 0 Å². The topological polar surface area (TPSA) is 73.4 Å². The second-order valence-electron chi connectivity index (χ2n) is 5.11. The van der Waals surface area contributed by atoms with Gasteiger partial charge < -0.3 is 19.2 Å². The van der Waals surface area contributed by atoms with E-state index in [1.165, 1.54) is 21.3 Å². The third kappa shape index (κ3) is 2.86. The number of rotatable bonds is 4. The predicted octanol–water partition coefficient (Wildman–Crippen LogP) is 2.89. The number of nitrogens with one attached hydrogen (secondary N) is 1. The fraction of sp³-hybridized carbons (Fsp3) is 0.176. The van der Waals surface area contributed by atoms with Crippen LogP contribution in [0.15, 0.2) is 29.1 Å². The van der Waals surface area contributed by atoms with Crippen LogP contribution in [0.25, 0.3) is 22.3 Å². The Morgan fingerprint density at radius 3 is 2.08 bits per heavy atom. The molecule has 0 aliphatic heterocycles. The van der Waals surface area contributed by atoms with Crippen molar-refractivity contribution in [1.29, 1.82) is 0 Å². The molecule has 2 aromatic carbocycles. The summed E-state index contributed by atoms with van der Waals surface area (Å²) in [6.45, 7) is 0. The normalized spacial score (nSPS) is 10.8. The smallest absolute Gasteiger partial charge is 0.259 e. The maximum atomic E-state index is 13.5. The average Bonchev–Trinajstić information content (AvgIpc) is 2.61. The maximum absolute atomic E-state index is 13.5. The molecule has 8 heteroatoms. The van der Waals surface area contributed by atoms with Gasteiger partial charge in [0.1, 0.15) is 5.82 Å². The van der Waals surface area contributed by atoms with Gasteiger partial charge >= 0.3 is 0 Å². The van der Waals surface area contributed by atoms with Crippen molar-refractivity contribution in [1.82, 2.24) is 9.97 Å². The van der Waals surface area contributed by atoms with Crippen molar-refractivity contribution in [3.05, 3.63) is 46.3 Å². The second-order valence-corrected chi connectivity index (χ2v) is 5.11. The van der Waals surface area contributed by atoms with E-state index in [4.69, 9.17) is 14.2 Å². The standard InChI is InChI=1S/C17H14F2N2O4/c1-23-13-4-8(5-14(24-2)15(13)25-3)16-20-12-7-11(19)10(18)6-9(12)17(22)21-16/h4-7H,1-3H3,(H,20,21,22). The summed E-state index contributed by atoms with van der Waals surface area (Å²) >= 11 is 0. The Morgan fingerprint density at radius 2 is 1.52 bits per heavy atom. The lowest BCUT2D eigenvalue weighted by Crippen LogP contribution is -2.10. The Hall–Kier alpha value is -3.16. The molecule has 1 heterocycles. The Labute approximate surface area is 141 Å². The van der Waals surface area contributed by atoms with Gasteiger partial charge in [-0.2, -0.15) is 0 Å². The minimum atomic E-state index is -1.11. The van der Waals surface area contributed by atoms with Gasteiger partial charge in [0.25, 0.3) is 5.56 Å². The number of benzene rings is 2. The van der Waals surface area contributed by atoms with Gasteiger partial charge in [-0.1, -0.05) is 0 Å². The van der Waals surface area contributed by atoms with Gasteiger partial charge in [-0.15, -0.1) is 0 Å². The van der Waals surface area contributed by atoms with Crippen LogP contribution < -0.4 is 19.8 Å². The van der Waals surface area contributed by atoms with E-state index in [0.29, 0.717) is 22.8 Å². The number of hydrogen-bond acceptors (Lipinski definition) is 5. The predicted molar refractivity (Wildman–Crippen MR) is 87.4 cm³/mol. The molecule has 3 aromatic rings. The van der Waals surface area contributed by atoms with Gasteiger partial charge in [-0.25, -0.2) is 13.8 Å². The molecule has 0 aliphatic carbocycles. The summed E-state index contributed by atoms with van der Waals surface area (Å²) in [5, 5.41) is -0.0462. The quantitative estimate of drug-likeness (QED) is 0.785. The largest absolute Gasteiger partial charge is 0.493 e. The molecule has 0 saturated carbocycles. The number of nitrogens with zero attached hydrogens (tertiary/aromatic N) is 1. The van der Waals surface area contributed by atoms with Crippen LogP contribution in [0, 0.1) is 11.6 Å². The lowest BCUT2D eigenvalue weighted by Gasteiger charge is -2.14. The van der Waals surface area contributed by atoms with Crippen LogP contribution >= 0.6 is 0 Å². The highest BCUT2D eigenvalue weighted by atomic mass is 19.2. The number of hydrogen-bond donors (Lipinski definition) is 1. The van der Waals surface area contributed by atoms with Crippen LogP contribution in [0.1, 0.15) is 0 Å². The van der Waals surface area contributed by atoms with Gasteiger partial charge in [0.15, 0.2) is 23.1 Å². The van der Waals surface area contributed by atoms with Crippen molar-refractivity contribution in [2.24, 2.45) is 0 Å². The summed E-state index contributed by atoms with van der Waals surface area (Å²) in [7, 11) is 4.37. The molecule has 3 rings (SSSR count). The average molecular weight is 348 g/mol. The molecule has 0 spiro atoms. The highest BCUT2D eigenvalue weighted by Gasteiger charge is 2.16. The summed E-state index contributed by atoms with van der Waals surface area (Å²) in [6, 6.07) is 4.87. The highest BCUT2D eigenvalue weighted by Crippen LogP contribution is 2.40. The summed E-state index contributed by atoms with van der Waals surface area (Å²) < 4.78 is 42.6. The fourth-order valence-electron chi connectivity index (χ4n) is 2.49. The van der Waals surface area contributed by atoms with Crippen LogP contribution in [0.3, 0.4) is 0 Å². The number of fused-ring (bicyclic) bond motifs is 1. The molecular weight excluding hydrogens is 334 g/mol. The molecule has 0 radical (unpaired) electrons. The molecule has 0 bridgehead atoms. The zero-order valence-electron chi connectivity index (χ0n) is 13.6. The molecule has 130 valence electrons. The number of aromatic nitrogens is 2. The molecule has 25 heavy (non-hydrogen) atoms. The molecule has 0 aliphatic rings.